The highest BCUT2D eigenvalue weighted by molar-refractivity contribution is 7.10. The molecule has 0 spiro atoms. The lowest BCUT2D eigenvalue weighted by Crippen LogP contribution is -2.21. The quantitative estimate of drug-likeness (QED) is 0.801. The highest BCUT2D eigenvalue weighted by Gasteiger charge is 2.07. The summed E-state index contributed by atoms with van der Waals surface area (Å²) in [5, 5.41) is 5.46. The molecule has 0 saturated carbocycles. The summed E-state index contributed by atoms with van der Waals surface area (Å²) in [5.74, 6) is 0. The van der Waals surface area contributed by atoms with Crippen LogP contribution in [0, 0.1) is 0 Å². The average Bonchev–Trinajstić information content (AvgIpc) is 2.99. The maximum atomic E-state index is 12.0. The minimum atomic E-state index is -0.0452. The second-order valence-corrected chi connectivity index (χ2v) is 5.61. The van der Waals surface area contributed by atoms with Crippen molar-refractivity contribution >= 4 is 17.0 Å². The fraction of sp³-hybridized carbons (Fsp3) is 0.200. The number of nitrogens with zero attached hydrogens (tertiary/aromatic N) is 2. The van der Waals surface area contributed by atoms with Gasteiger partial charge in [-0.3, -0.25) is 9.20 Å². The first-order valence-corrected chi connectivity index (χ1v) is 7.36. The molecule has 0 unspecified atom stereocenters. The van der Waals surface area contributed by atoms with E-state index in [0.29, 0.717) is 12.2 Å². The summed E-state index contributed by atoms with van der Waals surface area (Å²) < 4.78 is 1.55. The number of pyridine rings is 1. The minimum absolute atomic E-state index is 0.0452. The summed E-state index contributed by atoms with van der Waals surface area (Å²) in [6.07, 6.45) is 1.73. The Bertz CT molecular complexity index is 764. The second kappa shape index (κ2) is 5.56. The zero-order chi connectivity index (χ0) is 13.9. The minimum Gasteiger partial charge on any atom is -0.304 e. The van der Waals surface area contributed by atoms with Crippen LogP contribution in [0.2, 0.25) is 0 Å². The van der Waals surface area contributed by atoms with Gasteiger partial charge in [-0.25, -0.2) is 4.98 Å². The van der Waals surface area contributed by atoms with Crippen LogP contribution < -0.4 is 10.9 Å². The molecule has 0 aliphatic heterocycles. The first-order chi connectivity index (χ1) is 9.74. The molecule has 0 aromatic carbocycles. The first kappa shape index (κ1) is 13.0. The Hall–Kier alpha value is -1.98. The van der Waals surface area contributed by atoms with Crippen molar-refractivity contribution in [3.8, 4) is 0 Å². The van der Waals surface area contributed by atoms with Crippen molar-refractivity contribution < 1.29 is 0 Å². The van der Waals surface area contributed by atoms with Gasteiger partial charge in [-0.1, -0.05) is 12.1 Å². The van der Waals surface area contributed by atoms with E-state index in [0.717, 1.165) is 5.69 Å². The number of rotatable bonds is 4. The Morgan fingerprint density at radius 2 is 2.25 bits per heavy atom. The van der Waals surface area contributed by atoms with E-state index < -0.39 is 0 Å². The van der Waals surface area contributed by atoms with E-state index in [1.165, 1.54) is 4.88 Å². The van der Waals surface area contributed by atoms with Crippen LogP contribution in [0.25, 0.3) is 5.65 Å². The summed E-state index contributed by atoms with van der Waals surface area (Å²) in [6.45, 7) is 2.69. The fourth-order valence-electron chi connectivity index (χ4n) is 2.09. The van der Waals surface area contributed by atoms with Crippen molar-refractivity contribution in [2.75, 3.05) is 0 Å². The lowest BCUT2D eigenvalue weighted by Gasteiger charge is -2.11. The smallest absolute Gasteiger partial charge is 0.258 e. The predicted molar refractivity (Wildman–Crippen MR) is 81.0 cm³/mol. The fourth-order valence-corrected chi connectivity index (χ4v) is 2.85. The van der Waals surface area contributed by atoms with Crippen molar-refractivity contribution in [1.82, 2.24) is 14.7 Å². The van der Waals surface area contributed by atoms with Crippen molar-refractivity contribution in [3.05, 3.63) is 68.9 Å². The highest BCUT2D eigenvalue weighted by Crippen LogP contribution is 2.18. The molecule has 3 heterocycles. The summed E-state index contributed by atoms with van der Waals surface area (Å²) in [5.41, 5.74) is 1.40. The van der Waals surface area contributed by atoms with Gasteiger partial charge in [0.05, 0.1) is 5.69 Å². The topological polar surface area (TPSA) is 46.4 Å². The SMILES string of the molecule is C[C@@H](NCc1cc(=O)n2ccccc2n1)c1cccs1. The number of fused-ring (bicyclic) bond motifs is 1. The van der Waals surface area contributed by atoms with Crippen LogP contribution in [-0.4, -0.2) is 9.38 Å². The largest absolute Gasteiger partial charge is 0.304 e. The van der Waals surface area contributed by atoms with Crippen LogP contribution in [0.3, 0.4) is 0 Å². The maximum absolute atomic E-state index is 12.0. The third kappa shape index (κ3) is 2.64. The van der Waals surface area contributed by atoms with Gasteiger partial charge in [0.25, 0.3) is 5.56 Å². The van der Waals surface area contributed by atoms with Crippen LogP contribution in [0.1, 0.15) is 23.5 Å². The van der Waals surface area contributed by atoms with E-state index in [-0.39, 0.29) is 11.6 Å². The second-order valence-electron chi connectivity index (χ2n) is 4.63. The normalized spacial score (nSPS) is 12.7. The molecule has 0 bridgehead atoms. The van der Waals surface area contributed by atoms with Crippen molar-refractivity contribution in [3.63, 3.8) is 0 Å². The first-order valence-electron chi connectivity index (χ1n) is 6.48. The van der Waals surface area contributed by atoms with E-state index in [4.69, 9.17) is 0 Å². The molecule has 0 fully saturated rings. The molecule has 0 aliphatic carbocycles. The van der Waals surface area contributed by atoms with Crippen LogP contribution in [0.15, 0.2) is 52.8 Å². The molecule has 0 saturated heterocycles. The molecule has 3 rings (SSSR count). The molecule has 5 heteroatoms. The van der Waals surface area contributed by atoms with Gasteiger partial charge in [-0.05, 0) is 30.5 Å². The molecule has 0 aliphatic rings. The molecule has 0 radical (unpaired) electrons. The molecule has 20 heavy (non-hydrogen) atoms. The molecule has 4 nitrogen and oxygen atoms in total. The Balaban J connectivity index is 1.80. The van der Waals surface area contributed by atoms with Gasteiger partial charge in [0.2, 0.25) is 0 Å². The third-order valence-electron chi connectivity index (χ3n) is 3.18. The number of hydrogen-bond acceptors (Lipinski definition) is 4. The Kier molecular flexibility index (Phi) is 3.62. The van der Waals surface area contributed by atoms with Crippen LogP contribution in [-0.2, 0) is 6.54 Å². The van der Waals surface area contributed by atoms with Gasteiger partial charge in [-0.15, -0.1) is 11.3 Å². The van der Waals surface area contributed by atoms with Gasteiger partial charge in [-0.2, -0.15) is 0 Å². The standard InChI is InChI=1S/C15H15N3OS/c1-11(13-5-4-8-20-13)16-10-12-9-15(19)18-7-3-2-6-14(18)17-12/h2-9,11,16H,10H2,1H3/t11-/m1/s1. The summed E-state index contributed by atoms with van der Waals surface area (Å²) in [6, 6.07) is 11.5. The summed E-state index contributed by atoms with van der Waals surface area (Å²) >= 11 is 1.72. The number of hydrogen-bond donors (Lipinski definition) is 1. The molecule has 3 aromatic heterocycles. The third-order valence-corrected chi connectivity index (χ3v) is 4.24. The molecular formula is C15H15N3OS. The maximum Gasteiger partial charge on any atom is 0.258 e. The van der Waals surface area contributed by atoms with Gasteiger partial charge in [0, 0.05) is 29.7 Å². The van der Waals surface area contributed by atoms with Gasteiger partial charge >= 0.3 is 0 Å². The lowest BCUT2D eigenvalue weighted by molar-refractivity contribution is 0.575. The molecule has 1 N–H and O–H groups in total. The van der Waals surface area contributed by atoms with E-state index in [1.54, 1.807) is 28.0 Å². The Morgan fingerprint density at radius 1 is 1.35 bits per heavy atom. The number of thiophene rings is 1. The molecule has 0 amide bonds. The number of aromatic nitrogens is 2. The zero-order valence-electron chi connectivity index (χ0n) is 11.1. The van der Waals surface area contributed by atoms with Gasteiger partial charge in [0.1, 0.15) is 5.65 Å². The Labute approximate surface area is 120 Å². The van der Waals surface area contributed by atoms with Gasteiger partial charge < -0.3 is 5.32 Å². The predicted octanol–water partition coefficient (Wildman–Crippen LogP) is 2.61. The summed E-state index contributed by atoms with van der Waals surface area (Å²) in [4.78, 5) is 17.7. The van der Waals surface area contributed by atoms with Crippen LogP contribution in [0.5, 0.6) is 0 Å². The average molecular weight is 285 g/mol. The van der Waals surface area contributed by atoms with Crippen LogP contribution in [0.4, 0.5) is 0 Å². The highest BCUT2D eigenvalue weighted by atomic mass is 32.1. The van der Waals surface area contributed by atoms with Gasteiger partial charge in [0.15, 0.2) is 0 Å². The zero-order valence-corrected chi connectivity index (χ0v) is 11.9. The molecule has 3 aromatic rings. The van der Waals surface area contributed by atoms with Crippen molar-refractivity contribution in [2.45, 2.75) is 19.5 Å². The Morgan fingerprint density at radius 3 is 3.05 bits per heavy atom. The van der Waals surface area contributed by atoms with E-state index >= 15 is 0 Å². The van der Waals surface area contributed by atoms with Crippen molar-refractivity contribution in [1.29, 1.82) is 0 Å². The van der Waals surface area contributed by atoms with Crippen molar-refractivity contribution in [2.24, 2.45) is 0 Å². The van der Waals surface area contributed by atoms with E-state index in [9.17, 15) is 4.79 Å². The molecule has 1 atom stereocenters. The molecule has 102 valence electrons. The number of nitrogens with one attached hydrogen (secondary N) is 1. The van der Waals surface area contributed by atoms with E-state index in [1.807, 2.05) is 24.3 Å². The summed E-state index contributed by atoms with van der Waals surface area (Å²) in [7, 11) is 0. The van der Waals surface area contributed by atoms with Crippen LogP contribution >= 0.6 is 11.3 Å². The monoisotopic (exact) mass is 285 g/mol. The van der Waals surface area contributed by atoms with E-state index in [2.05, 4.69) is 28.7 Å². The molecular weight excluding hydrogens is 270 g/mol. The lowest BCUT2D eigenvalue weighted by atomic mass is 10.2.